The molecule has 3 heteroatoms. The van der Waals surface area contributed by atoms with Crippen molar-refractivity contribution in [1.29, 1.82) is 0 Å². The molecule has 0 aliphatic heterocycles. The van der Waals surface area contributed by atoms with Gasteiger partial charge in [0.15, 0.2) is 5.17 Å². The minimum Gasteiger partial charge on any atom is -0.410 e. The van der Waals surface area contributed by atoms with E-state index < -0.39 is 0 Å². The predicted octanol–water partition coefficient (Wildman–Crippen LogP) is 2.68. The molecule has 1 rings (SSSR count). The number of rotatable bonds is 1. The topological polar surface area (TPSA) is 32.6 Å². The minimum atomic E-state index is 0.132. The quantitative estimate of drug-likeness (QED) is 0.405. The molecule has 12 heavy (non-hydrogen) atoms. The molecule has 0 aliphatic rings. The molecule has 1 aromatic rings. The summed E-state index contributed by atoms with van der Waals surface area (Å²) in [7, 11) is 0. The number of nitrogens with zero attached hydrogens (tertiary/aromatic N) is 1. The third-order valence-electron chi connectivity index (χ3n) is 1.69. The lowest BCUT2D eigenvalue weighted by molar-refractivity contribution is 0.321. The van der Waals surface area contributed by atoms with Crippen LogP contribution in [0.4, 0.5) is 0 Å². The van der Waals surface area contributed by atoms with Crippen molar-refractivity contribution < 1.29 is 5.21 Å². The van der Waals surface area contributed by atoms with Gasteiger partial charge in [0.25, 0.3) is 0 Å². The average Bonchev–Trinajstić information content (AvgIpc) is 2.03. The van der Waals surface area contributed by atoms with Crippen molar-refractivity contribution in [2.75, 3.05) is 0 Å². The van der Waals surface area contributed by atoms with Crippen molar-refractivity contribution in [1.82, 2.24) is 0 Å². The molecule has 0 unspecified atom stereocenters. The van der Waals surface area contributed by atoms with E-state index in [4.69, 9.17) is 16.8 Å². The van der Waals surface area contributed by atoms with Gasteiger partial charge in [0.2, 0.25) is 0 Å². The van der Waals surface area contributed by atoms with Crippen LogP contribution in [0.15, 0.2) is 23.4 Å². The zero-order valence-corrected chi connectivity index (χ0v) is 7.76. The van der Waals surface area contributed by atoms with Crippen LogP contribution >= 0.6 is 11.6 Å². The summed E-state index contributed by atoms with van der Waals surface area (Å²) in [5.41, 5.74) is 2.95. The van der Waals surface area contributed by atoms with Gasteiger partial charge in [-0.1, -0.05) is 40.5 Å². The Morgan fingerprint density at radius 1 is 1.42 bits per heavy atom. The molecule has 0 spiro atoms. The van der Waals surface area contributed by atoms with E-state index >= 15 is 0 Å². The van der Waals surface area contributed by atoms with Gasteiger partial charge in [-0.25, -0.2) is 0 Å². The summed E-state index contributed by atoms with van der Waals surface area (Å²) in [4.78, 5) is 0. The molecule has 0 bridgehead atoms. The summed E-state index contributed by atoms with van der Waals surface area (Å²) in [6.07, 6.45) is 0. The van der Waals surface area contributed by atoms with Crippen molar-refractivity contribution in [2.45, 2.75) is 13.8 Å². The van der Waals surface area contributed by atoms with Gasteiger partial charge in [-0.3, -0.25) is 0 Å². The van der Waals surface area contributed by atoms with Gasteiger partial charge in [-0.15, -0.1) is 0 Å². The molecule has 0 atom stereocenters. The maximum atomic E-state index is 8.44. The van der Waals surface area contributed by atoms with Crippen LogP contribution < -0.4 is 0 Å². The first-order valence-electron chi connectivity index (χ1n) is 3.60. The van der Waals surface area contributed by atoms with Gasteiger partial charge in [-0.2, -0.15) is 0 Å². The first-order chi connectivity index (χ1) is 5.65. The van der Waals surface area contributed by atoms with Crippen LogP contribution in [-0.4, -0.2) is 10.4 Å². The molecule has 2 nitrogen and oxygen atoms in total. The molecule has 0 saturated carbocycles. The van der Waals surface area contributed by atoms with E-state index in [9.17, 15) is 0 Å². The lowest BCUT2D eigenvalue weighted by atomic mass is 10.1. The Labute approximate surface area is 76.5 Å². The first kappa shape index (κ1) is 9.07. The Hall–Kier alpha value is -1.02. The third-order valence-corrected chi connectivity index (χ3v) is 1.97. The second kappa shape index (κ2) is 3.59. The van der Waals surface area contributed by atoms with Crippen LogP contribution in [0, 0.1) is 13.8 Å². The Morgan fingerprint density at radius 2 is 2.08 bits per heavy atom. The fourth-order valence-corrected chi connectivity index (χ4v) is 1.31. The van der Waals surface area contributed by atoms with E-state index in [0.29, 0.717) is 0 Å². The highest BCUT2D eigenvalue weighted by atomic mass is 35.5. The minimum absolute atomic E-state index is 0.132. The summed E-state index contributed by atoms with van der Waals surface area (Å²) in [5.74, 6) is 0. The zero-order chi connectivity index (χ0) is 9.14. The maximum absolute atomic E-state index is 8.44. The fourth-order valence-electron chi connectivity index (χ4n) is 1.10. The molecule has 0 aromatic heterocycles. The zero-order valence-electron chi connectivity index (χ0n) is 7.00. The summed E-state index contributed by atoms with van der Waals surface area (Å²) in [6, 6.07) is 5.76. The van der Waals surface area contributed by atoms with E-state index in [1.54, 1.807) is 0 Å². The number of benzene rings is 1. The van der Waals surface area contributed by atoms with E-state index in [1.807, 2.05) is 32.0 Å². The monoisotopic (exact) mass is 183 g/mol. The molecule has 1 aromatic carbocycles. The Balaban J connectivity index is 3.18. The number of hydrogen-bond donors (Lipinski definition) is 1. The number of halogens is 1. The highest BCUT2D eigenvalue weighted by molar-refractivity contribution is 6.69. The van der Waals surface area contributed by atoms with Gasteiger partial charge in [-0.05, 0) is 19.4 Å². The van der Waals surface area contributed by atoms with Gasteiger partial charge in [0.1, 0.15) is 0 Å². The second-order valence-electron chi connectivity index (χ2n) is 2.71. The molecule has 64 valence electrons. The number of oxime groups is 1. The summed E-state index contributed by atoms with van der Waals surface area (Å²) < 4.78 is 0. The maximum Gasteiger partial charge on any atom is 0.175 e. The van der Waals surface area contributed by atoms with E-state index in [2.05, 4.69) is 5.16 Å². The van der Waals surface area contributed by atoms with E-state index in [-0.39, 0.29) is 5.17 Å². The lowest BCUT2D eigenvalue weighted by Crippen LogP contribution is -1.95. The Morgan fingerprint density at radius 3 is 2.58 bits per heavy atom. The standard InChI is InChI=1S/C9H10ClNO/c1-6-3-4-8(7(2)5-6)9(10)11-12/h3-5,12H,1-2H3. The second-order valence-corrected chi connectivity index (χ2v) is 3.07. The smallest absolute Gasteiger partial charge is 0.175 e. The third kappa shape index (κ3) is 1.77. The van der Waals surface area contributed by atoms with Gasteiger partial charge >= 0.3 is 0 Å². The SMILES string of the molecule is Cc1ccc(C(Cl)=NO)c(C)c1. The fraction of sp³-hybridized carbons (Fsp3) is 0.222. The van der Waals surface area contributed by atoms with Crippen molar-refractivity contribution in [3.63, 3.8) is 0 Å². The van der Waals surface area contributed by atoms with Crippen LogP contribution in [0.25, 0.3) is 0 Å². The number of aryl methyl sites for hydroxylation is 2. The molecule has 0 radical (unpaired) electrons. The van der Waals surface area contributed by atoms with Crippen LogP contribution in [-0.2, 0) is 0 Å². The highest BCUT2D eigenvalue weighted by Gasteiger charge is 2.03. The molecule has 0 fully saturated rings. The summed E-state index contributed by atoms with van der Waals surface area (Å²) in [6.45, 7) is 3.93. The molecular formula is C9H10ClNO. The molecular weight excluding hydrogens is 174 g/mol. The normalized spacial score (nSPS) is 11.8. The Bertz CT molecular complexity index is 320. The van der Waals surface area contributed by atoms with Gasteiger partial charge < -0.3 is 5.21 Å². The molecule has 1 N–H and O–H groups in total. The Kier molecular flexibility index (Phi) is 2.71. The molecule has 0 amide bonds. The van der Waals surface area contributed by atoms with Crippen LogP contribution in [0.5, 0.6) is 0 Å². The summed E-state index contributed by atoms with van der Waals surface area (Å²) in [5, 5.41) is 11.5. The van der Waals surface area contributed by atoms with E-state index in [0.717, 1.165) is 11.1 Å². The van der Waals surface area contributed by atoms with Crippen LogP contribution in [0.2, 0.25) is 0 Å². The number of hydrogen-bond acceptors (Lipinski definition) is 2. The summed E-state index contributed by atoms with van der Waals surface area (Å²) >= 11 is 5.65. The van der Waals surface area contributed by atoms with Crippen molar-refractivity contribution in [3.8, 4) is 0 Å². The lowest BCUT2D eigenvalue weighted by Gasteiger charge is -2.02. The van der Waals surface area contributed by atoms with Crippen LogP contribution in [0.1, 0.15) is 16.7 Å². The molecule has 0 aliphatic carbocycles. The largest absolute Gasteiger partial charge is 0.410 e. The average molecular weight is 184 g/mol. The van der Waals surface area contributed by atoms with Gasteiger partial charge in [0, 0.05) is 5.56 Å². The van der Waals surface area contributed by atoms with Crippen molar-refractivity contribution in [3.05, 3.63) is 34.9 Å². The van der Waals surface area contributed by atoms with Crippen LogP contribution in [0.3, 0.4) is 0 Å². The van der Waals surface area contributed by atoms with Crippen molar-refractivity contribution >= 4 is 16.8 Å². The molecule has 0 saturated heterocycles. The van der Waals surface area contributed by atoms with E-state index in [1.165, 1.54) is 5.56 Å². The molecule has 0 heterocycles. The first-order valence-corrected chi connectivity index (χ1v) is 3.98. The highest BCUT2D eigenvalue weighted by Crippen LogP contribution is 2.13. The van der Waals surface area contributed by atoms with Gasteiger partial charge in [0.05, 0.1) is 0 Å². The van der Waals surface area contributed by atoms with Crippen molar-refractivity contribution in [2.24, 2.45) is 5.16 Å². The predicted molar refractivity (Wildman–Crippen MR) is 50.1 cm³/mol.